The Morgan fingerprint density at radius 2 is 1.03 bits per heavy atom. The third kappa shape index (κ3) is 4.30. The Morgan fingerprint density at radius 1 is 0.562 bits per heavy atom. The van der Waals surface area contributed by atoms with Gasteiger partial charge in [-0.25, -0.2) is 9.97 Å². The van der Waals surface area contributed by atoms with E-state index in [2.05, 4.69) is 44.2 Å². The topological polar surface area (TPSA) is 70.0 Å². The number of rotatable bonds is 6. The van der Waals surface area contributed by atoms with E-state index in [-0.39, 0.29) is 5.41 Å². The van der Waals surface area contributed by atoms with Crippen LogP contribution in [-0.2, 0) is 5.41 Å². The predicted octanol–water partition coefficient (Wildman–Crippen LogP) is 6.10. The summed E-state index contributed by atoms with van der Waals surface area (Å²) in [6.07, 6.45) is 15.7. The van der Waals surface area contributed by atoms with Gasteiger partial charge in [0.05, 0.1) is 12.4 Å². The van der Waals surface area contributed by atoms with E-state index < -0.39 is 0 Å². The number of hydrogen-bond donors (Lipinski definition) is 0. The molecular weight excluding hydrogens is 400 g/mol. The molecule has 6 heteroatoms. The first-order chi connectivity index (χ1) is 15.8. The molecule has 0 saturated heterocycles. The highest BCUT2D eigenvalue weighted by atomic mass is 16.5. The second kappa shape index (κ2) is 9.14. The molecule has 2 aromatic heterocycles. The third-order valence-electron chi connectivity index (χ3n) is 6.04. The van der Waals surface area contributed by atoms with E-state index in [9.17, 15) is 0 Å². The van der Waals surface area contributed by atoms with E-state index in [1.165, 1.54) is 30.4 Å². The maximum absolute atomic E-state index is 5.83. The normalized spacial score (nSPS) is 15.1. The fraction of sp³-hybridized carbons (Fsp3) is 0.231. The molecule has 0 atom stereocenters. The van der Waals surface area contributed by atoms with Crippen LogP contribution < -0.4 is 9.47 Å². The molecule has 2 aromatic carbocycles. The van der Waals surface area contributed by atoms with Crippen LogP contribution in [0.2, 0.25) is 0 Å². The van der Waals surface area contributed by atoms with Gasteiger partial charge in [-0.3, -0.25) is 9.97 Å². The first-order valence-corrected chi connectivity index (χ1v) is 10.9. The molecule has 0 N–H and O–H groups in total. The van der Waals surface area contributed by atoms with Crippen molar-refractivity contribution in [3.05, 3.63) is 96.8 Å². The lowest BCUT2D eigenvalue weighted by Gasteiger charge is -2.38. The molecule has 1 aliphatic rings. The van der Waals surface area contributed by atoms with E-state index in [0.717, 1.165) is 24.3 Å². The van der Waals surface area contributed by atoms with E-state index in [4.69, 9.17) is 9.47 Å². The number of ether oxygens (including phenoxy) is 2. The second-order valence-corrected chi connectivity index (χ2v) is 7.98. The van der Waals surface area contributed by atoms with Crippen LogP contribution in [0.5, 0.6) is 23.3 Å². The molecule has 5 rings (SSSR count). The molecular formula is C26H24N4O2. The molecule has 1 saturated carbocycles. The smallest absolute Gasteiger partial charge is 0.237 e. The van der Waals surface area contributed by atoms with Crippen molar-refractivity contribution < 1.29 is 9.47 Å². The highest BCUT2D eigenvalue weighted by molar-refractivity contribution is 5.44. The minimum absolute atomic E-state index is 0.00554. The van der Waals surface area contributed by atoms with Crippen molar-refractivity contribution in [2.24, 2.45) is 0 Å². The molecule has 4 aromatic rings. The van der Waals surface area contributed by atoms with Crippen LogP contribution in [0.1, 0.15) is 43.2 Å². The van der Waals surface area contributed by atoms with Gasteiger partial charge >= 0.3 is 0 Å². The van der Waals surface area contributed by atoms with Crippen LogP contribution in [0.15, 0.2) is 85.7 Å². The van der Waals surface area contributed by atoms with Crippen molar-refractivity contribution in [2.45, 2.75) is 37.5 Å². The predicted molar refractivity (Wildman–Crippen MR) is 121 cm³/mol. The zero-order valence-corrected chi connectivity index (χ0v) is 17.7. The van der Waals surface area contributed by atoms with Crippen molar-refractivity contribution >= 4 is 0 Å². The standard InChI is InChI=1S/C26H24N4O2/c1-2-12-26(13-3-1,20-4-8-22(9-5-20)31-24-18-27-14-16-29-24)21-6-10-23(11-7-21)32-25-19-28-15-17-30-25/h4-11,14-19H,1-3,12-13H2. The summed E-state index contributed by atoms with van der Waals surface area (Å²) in [7, 11) is 0. The van der Waals surface area contributed by atoms with Crippen LogP contribution in [0, 0.1) is 0 Å². The molecule has 0 aliphatic heterocycles. The van der Waals surface area contributed by atoms with Gasteiger partial charge in [-0.15, -0.1) is 0 Å². The molecule has 160 valence electrons. The molecule has 32 heavy (non-hydrogen) atoms. The van der Waals surface area contributed by atoms with Gasteiger partial charge < -0.3 is 9.47 Å². The molecule has 0 radical (unpaired) electrons. The summed E-state index contributed by atoms with van der Waals surface area (Å²) in [5.41, 5.74) is 2.62. The lowest BCUT2D eigenvalue weighted by atomic mass is 9.65. The largest absolute Gasteiger partial charge is 0.438 e. The van der Waals surface area contributed by atoms with Crippen molar-refractivity contribution in [1.29, 1.82) is 0 Å². The first kappa shape index (κ1) is 20.1. The average molecular weight is 425 g/mol. The Hall–Kier alpha value is -3.80. The Balaban J connectivity index is 1.40. The summed E-state index contributed by atoms with van der Waals surface area (Å²) in [6.45, 7) is 0. The Labute approximate surface area is 187 Å². The highest BCUT2D eigenvalue weighted by Gasteiger charge is 2.35. The van der Waals surface area contributed by atoms with Crippen molar-refractivity contribution in [3.63, 3.8) is 0 Å². The second-order valence-electron chi connectivity index (χ2n) is 7.98. The summed E-state index contributed by atoms with van der Waals surface area (Å²) in [5, 5.41) is 0. The first-order valence-electron chi connectivity index (χ1n) is 10.9. The minimum atomic E-state index is -0.00554. The van der Waals surface area contributed by atoms with Gasteiger partial charge in [0.25, 0.3) is 0 Å². The number of hydrogen-bond acceptors (Lipinski definition) is 6. The van der Waals surface area contributed by atoms with E-state index in [1.807, 2.05) is 24.3 Å². The van der Waals surface area contributed by atoms with Crippen LogP contribution in [0.4, 0.5) is 0 Å². The fourth-order valence-corrected chi connectivity index (χ4v) is 4.50. The van der Waals surface area contributed by atoms with Gasteiger partial charge in [-0.2, -0.15) is 0 Å². The average Bonchev–Trinajstić information content (AvgIpc) is 2.87. The SMILES string of the molecule is c1cnc(Oc2ccc(C3(c4ccc(Oc5cnccn5)cc4)CCCCC3)cc2)cn1. The lowest BCUT2D eigenvalue weighted by Crippen LogP contribution is -2.30. The number of benzene rings is 2. The molecule has 2 heterocycles. The number of aromatic nitrogens is 4. The summed E-state index contributed by atoms with van der Waals surface area (Å²) in [6, 6.07) is 16.8. The van der Waals surface area contributed by atoms with Crippen LogP contribution in [-0.4, -0.2) is 19.9 Å². The highest BCUT2D eigenvalue weighted by Crippen LogP contribution is 2.45. The van der Waals surface area contributed by atoms with Crippen molar-refractivity contribution in [2.75, 3.05) is 0 Å². The molecule has 1 fully saturated rings. The minimum Gasteiger partial charge on any atom is -0.438 e. The van der Waals surface area contributed by atoms with Gasteiger partial charge in [-0.1, -0.05) is 43.5 Å². The Bertz CT molecular complexity index is 1040. The van der Waals surface area contributed by atoms with E-state index >= 15 is 0 Å². The van der Waals surface area contributed by atoms with Gasteiger partial charge in [0.2, 0.25) is 11.8 Å². The lowest BCUT2D eigenvalue weighted by molar-refractivity contribution is 0.345. The third-order valence-corrected chi connectivity index (χ3v) is 6.04. The fourth-order valence-electron chi connectivity index (χ4n) is 4.50. The molecule has 0 bridgehead atoms. The van der Waals surface area contributed by atoms with Gasteiger partial charge in [0, 0.05) is 30.2 Å². The maximum atomic E-state index is 5.83. The maximum Gasteiger partial charge on any atom is 0.237 e. The van der Waals surface area contributed by atoms with Gasteiger partial charge in [0.1, 0.15) is 11.5 Å². The van der Waals surface area contributed by atoms with E-state index in [1.54, 1.807) is 37.2 Å². The van der Waals surface area contributed by atoms with Gasteiger partial charge in [0.15, 0.2) is 0 Å². The monoisotopic (exact) mass is 424 g/mol. The summed E-state index contributed by atoms with van der Waals surface area (Å²) in [4.78, 5) is 16.5. The summed E-state index contributed by atoms with van der Waals surface area (Å²) >= 11 is 0. The van der Waals surface area contributed by atoms with Crippen LogP contribution in [0.3, 0.4) is 0 Å². The van der Waals surface area contributed by atoms with Crippen LogP contribution >= 0.6 is 0 Å². The summed E-state index contributed by atoms with van der Waals surface area (Å²) < 4.78 is 11.7. The van der Waals surface area contributed by atoms with Crippen LogP contribution in [0.25, 0.3) is 0 Å². The zero-order chi connectivity index (χ0) is 21.6. The Morgan fingerprint density at radius 3 is 1.44 bits per heavy atom. The molecule has 6 nitrogen and oxygen atoms in total. The zero-order valence-electron chi connectivity index (χ0n) is 17.7. The Kier molecular flexibility index (Phi) is 5.75. The quantitative estimate of drug-likeness (QED) is 0.372. The van der Waals surface area contributed by atoms with Gasteiger partial charge in [-0.05, 0) is 48.2 Å². The van der Waals surface area contributed by atoms with Crippen molar-refractivity contribution in [3.8, 4) is 23.3 Å². The number of nitrogens with zero attached hydrogens (tertiary/aromatic N) is 4. The molecule has 0 amide bonds. The van der Waals surface area contributed by atoms with Crippen molar-refractivity contribution in [1.82, 2.24) is 19.9 Å². The molecule has 1 aliphatic carbocycles. The molecule has 0 spiro atoms. The molecule has 0 unspecified atom stereocenters. The summed E-state index contributed by atoms with van der Waals surface area (Å²) in [5.74, 6) is 2.50. The van der Waals surface area contributed by atoms with E-state index in [0.29, 0.717) is 11.8 Å².